The highest BCUT2D eigenvalue weighted by Crippen LogP contribution is 2.29. The third-order valence-electron chi connectivity index (χ3n) is 5.23. The average Bonchev–Trinajstić information content (AvgIpc) is 2.93. The number of piperidine rings is 1. The molecule has 0 amide bonds. The Hall–Kier alpha value is -1.83. The molecule has 1 fully saturated rings. The Labute approximate surface area is 151 Å². The molecule has 2 atom stereocenters. The zero-order chi connectivity index (χ0) is 18.8. The summed E-state index contributed by atoms with van der Waals surface area (Å²) in [6.45, 7) is 4.59. The molecule has 0 radical (unpaired) electrons. The van der Waals surface area contributed by atoms with Gasteiger partial charge in [0.05, 0.1) is 18.4 Å². The number of aliphatic hydroxyl groups is 2. The summed E-state index contributed by atoms with van der Waals surface area (Å²) in [7, 11) is 0. The summed E-state index contributed by atoms with van der Waals surface area (Å²) in [6, 6.07) is 2.54. The summed E-state index contributed by atoms with van der Waals surface area (Å²) in [5.41, 5.74) is 2.72. The summed E-state index contributed by atoms with van der Waals surface area (Å²) >= 11 is 0. The second kappa shape index (κ2) is 7.82. The number of hydrogen-bond donors (Lipinski definition) is 3. The van der Waals surface area contributed by atoms with Gasteiger partial charge in [0.2, 0.25) is 0 Å². The van der Waals surface area contributed by atoms with Crippen molar-refractivity contribution in [2.75, 3.05) is 19.7 Å². The van der Waals surface area contributed by atoms with Crippen LogP contribution in [0.3, 0.4) is 0 Å². The van der Waals surface area contributed by atoms with E-state index in [-0.39, 0.29) is 24.6 Å². The van der Waals surface area contributed by atoms with Gasteiger partial charge in [-0.05, 0) is 50.8 Å². The first-order valence-corrected chi connectivity index (χ1v) is 8.93. The van der Waals surface area contributed by atoms with Crippen LogP contribution in [0.25, 0.3) is 11.1 Å². The van der Waals surface area contributed by atoms with Gasteiger partial charge in [0.25, 0.3) is 0 Å². The minimum Gasteiger partial charge on any atom is -0.395 e. The lowest BCUT2D eigenvalue weighted by molar-refractivity contribution is 0.0175. The Kier molecular flexibility index (Phi) is 5.70. The van der Waals surface area contributed by atoms with Crippen molar-refractivity contribution >= 4 is 0 Å². The van der Waals surface area contributed by atoms with Gasteiger partial charge in [-0.3, -0.25) is 10.00 Å². The van der Waals surface area contributed by atoms with Crippen LogP contribution in [0.15, 0.2) is 12.1 Å². The van der Waals surface area contributed by atoms with E-state index in [9.17, 15) is 19.0 Å². The van der Waals surface area contributed by atoms with Crippen LogP contribution in [0.1, 0.15) is 29.8 Å². The van der Waals surface area contributed by atoms with E-state index >= 15 is 0 Å². The minimum atomic E-state index is -0.572. The third-order valence-corrected chi connectivity index (χ3v) is 5.23. The van der Waals surface area contributed by atoms with E-state index in [1.165, 1.54) is 12.1 Å². The summed E-state index contributed by atoms with van der Waals surface area (Å²) in [5, 5.41) is 26.1. The van der Waals surface area contributed by atoms with Gasteiger partial charge in [0, 0.05) is 36.0 Å². The van der Waals surface area contributed by atoms with Gasteiger partial charge < -0.3 is 10.2 Å². The first-order valence-electron chi connectivity index (χ1n) is 8.93. The average molecular weight is 365 g/mol. The number of nitrogens with zero attached hydrogens (tertiary/aromatic N) is 2. The van der Waals surface area contributed by atoms with Gasteiger partial charge >= 0.3 is 0 Å². The molecule has 2 aromatic rings. The zero-order valence-corrected chi connectivity index (χ0v) is 15.1. The monoisotopic (exact) mass is 365 g/mol. The molecule has 0 saturated carbocycles. The van der Waals surface area contributed by atoms with Crippen molar-refractivity contribution in [2.45, 2.75) is 45.3 Å². The van der Waals surface area contributed by atoms with Crippen molar-refractivity contribution in [1.29, 1.82) is 0 Å². The molecule has 0 spiro atoms. The van der Waals surface area contributed by atoms with E-state index < -0.39 is 17.7 Å². The maximum atomic E-state index is 14.6. The number of likely N-dealkylation sites (tertiary alicyclic amines) is 1. The molecule has 26 heavy (non-hydrogen) atoms. The third kappa shape index (κ3) is 3.79. The maximum Gasteiger partial charge on any atom is 0.129 e. The minimum absolute atomic E-state index is 0.0513. The van der Waals surface area contributed by atoms with Gasteiger partial charge in [-0.1, -0.05) is 0 Å². The van der Waals surface area contributed by atoms with Gasteiger partial charge in [0.15, 0.2) is 0 Å². The number of aromatic amines is 1. The Morgan fingerprint density at radius 1 is 1.27 bits per heavy atom. The molecule has 7 heteroatoms. The van der Waals surface area contributed by atoms with Crippen molar-refractivity contribution < 1.29 is 19.0 Å². The highest BCUT2D eigenvalue weighted by atomic mass is 19.1. The number of benzene rings is 1. The normalized spacial score (nSPS) is 21.3. The quantitative estimate of drug-likeness (QED) is 0.761. The van der Waals surface area contributed by atoms with Crippen LogP contribution in [0.4, 0.5) is 8.78 Å². The second-order valence-corrected chi connectivity index (χ2v) is 7.03. The lowest BCUT2D eigenvalue weighted by atomic mass is 9.97. The Morgan fingerprint density at radius 3 is 2.54 bits per heavy atom. The largest absolute Gasteiger partial charge is 0.395 e. The van der Waals surface area contributed by atoms with Crippen molar-refractivity contribution in [2.24, 2.45) is 0 Å². The van der Waals surface area contributed by atoms with Gasteiger partial charge in [0.1, 0.15) is 11.6 Å². The van der Waals surface area contributed by atoms with Crippen LogP contribution in [0, 0.1) is 25.5 Å². The van der Waals surface area contributed by atoms with Crippen molar-refractivity contribution in [3.8, 4) is 11.1 Å². The lowest BCUT2D eigenvalue weighted by Gasteiger charge is -2.36. The molecule has 1 aromatic heterocycles. The van der Waals surface area contributed by atoms with Gasteiger partial charge in [-0.25, -0.2) is 8.78 Å². The number of aryl methyl sites for hydroxylation is 2. The molecule has 2 heterocycles. The topological polar surface area (TPSA) is 72.4 Å². The number of H-pyrrole nitrogens is 1. The number of hydrogen-bond acceptors (Lipinski definition) is 4. The SMILES string of the molecule is Cc1n[nH]c(C)c1-c1cc(F)c(CCN2CCC(O)CC2CO)c(F)c1. The van der Waals surface area contributed by atoms with E-state index in [1.807, 2.05) is 11.8 Å². The summed E-state index contributed by atoms with van der Waals surface area (Å²) in [4.78, 5) is 1.99. The van der Waals surface area contributed by atoms with Crippen molar-refractivity contribution in [3.63, 3.8) is 0 Å². The molecule has 1 saturated heterocycles. The predicted molar refractivity (Wildman–Crippen MR) is 94.8 cm³/mol. The molecular formula is C19H25F2N3O2. The Bertz CT molecular complexity index is 736. The molecule has 3 N–H and O–H groups in total. The molecule has 1 aliphatic heterocycles. The van der Waals surface area contributed by atoms with Gasteiger partial charge in [-0.2, -0.15) is 5.10 Å². The highest BCUT2D eigenvalue weighted by molar-refractivity contribution is 5.68. The number of aliphatic hydroxyl groups excluding tert-OH is 2. The van der Waals surface area contributed by atoms with E-state index in [0.717, 1.165) is 11.3 Å². The smallest absolute Gasteiger partial charge is 0.129 e. The molecule has 142 valence electrons. The fraction of sp³-hybridized carbons (Fsp3) is 0.526. The molecule has 0 bridgehead atoms. The summed E-state index contributed by atoms with van der Waals surface area (Å²) in [6.07, 6.45) is 0.893. The zero-order valence-electron chi connectivity index (χ0n) is 15.1. The van der Waals surface area contributed by atoms with Crippen LogP contribution in [-0.4, -0.2) is 57.2 Å². The highest BCUT2D eigenvalue weighted by Gasteiger charge is 2.27. The first kappa shape index (κ1) is 18.9. The molecule has 5 nitrogen and oxygen atoms in total. The van der Waals surface area contributed by atoms with Gasteiger partial charge in [-0.15, -0.1) is 0 Å². The van der Waals surface area contributed by atoms with Crippen molar-refractivity contribution in [1.82, 2.24) is 15.1 Å². The maximum absolute atomic E-state index is 14.6. The van der Waals surface area contributed by atoms with E-state index in [2.05, 4.69) is 10.2 Å². The van der Waals surface area contributed by atoms with Crippen LogP contribution in [-0.2, 0) is 6.42 Å². The molecule has 0 aliphatic carbocycles. The fourth-order valence-corrected chi connectivity index (χ4v) is 3.78. The number of halogens is 2. The Morgan fingerprint density at radius 2 is 1.96 bits per heavy atom. The van der Waals surface area contributed by atoms with E-state index in [1.54, 1.807) is 6.92 Å². The van der Waals surface area contributed by atoms with Crippen LogP contribution < -0.4 is 0 Å². The van der Waals surface area contributed by atoms with Crippen molar-refractivity contribution in [3.05, 3.63) is 40.7 Å². The molecule has 1 aliphatic rings. The van der Waals surface area contributed by atoms with Crippen LogP contribution in [0.2, 0.25) is 0 Å². The Balaban J connectivity index is 1.77. The lowest BCUT2D eigenvalue weighted by Crippen LogP contribution is -2.47. The van der Waals surface area contributed by atoms with E-state index in [0.29, 0.717) is 37.2 Å². The molecule has 2 unspecified atom stereocenters. The molecular weight excluding hydrogens is 340 g/mol. The first-order chi connectivity index (χ1) is 12.4. The fourth-order valence-electron chi connectivity index (χ4n) is 3.78. The number of nitrogens with one attached hydrogen (secondary N) is 1. The second-order valence-electron chi connectivity index (χ2n) is 7.03. The number of rotatable bonds is 5. The number of aromatic nitrogens is 2. The molecule has 3 rings (SSSR count). The standard InChI is InChI=1S/C19H25F2N3O2/c1-11-19(12(2)23-22-11)13-7-17(20)16(18(21)8-13)4-6-24-5-3-15(26)9-14(24)10-25/h7-8,14-15,25-26H,3-6,9-10H2,1-2H3,(H,22,23). The van der Waals surface area contributed by atoms with E-state index in [4.69, 9.17) is 0 Å². The predicted octanol–water partition coefficient (Wildman–Crippen LogP) is 2.33. The summed E-state index contributed by atoms with van der Waals surface area (Å²) < 4.78 is 29.2. The van der Waals surface area contributed by atoms with Crippen LogP contribution >= 0.6 is 0 Å². The summed E-state index contributed by atoms with van der Waals surface area (Å²) in [5.74, 6) is -1.14. The molecule has 1 aromatic carbocycles. The van der Waals surface area contributed by atoms with Crippen LogP contribution in [0.5, 0.6) is 0 Å².